The van der Waals surface area contributed by atoms with E-state index in [0.717, 1.165) is 0 Å². The van der Waals surface area contributed by atoms with Crippen molar-refractivity contribution in [2.75, 3.05) is 13.2 Å². The molecule has 0 heterocycles. The van der Waals surface area contributed by atoms with Crippen molar-refractivity contribution in [1.82, 2.24) is 0 Å². The first kappa shape index (κ1) is 15.1. The van der Waals surface area contributed by atoms with Crippen LogP contribution >= 0.6 is 0 Å². The van der Waals surface area contributed by atoms with Gasteiger partial charge in [-0.25, -0.2) is 0 Å². The van der Waals surface area contributed by atoms with Crippen LogP contribution in [0, 0.1) is 0 Å². The molecule has 0 aromatic rings. The summed E-state index contributed by atoms with van der Waals surface area (Å²) in [5, 5.41) is 0. The van der Waals surface area contributed by atoms with Crippen LogP contribution in [0.1, 0.15) is 13.8 Å². The Balaban J connectivity index is 4.09. The molecule has 0 bridgehead atoms. The lowest BCUT2D eigenvalue weighted by molar-refractivity contribution is -0.141. The second-order valence-corrected chi connectivity index (χ2v) is 3.56. The fourth-order valence-electron chi connectivity index (χ4n) is 0.844. The van der Waals surface area contributed by atoms with Crippen molar-refractivity contribution in [1.29, 1.82) is 0 Å². The maximum atomic E-state index is 11.1. The van der Waals surface area contributed by atoms with Crippen LogP contribution in [0.3, 0.4) is 0 Å². The molecule has 0 N–H and O–H groups in total. The van der Waals surface area contributed by atoms with Crippen molar-refractivity contribution in [3.05, 3.63) is 24.3 Å². The highest BCUT2D eigenvalue weighted by atomic mass is 16.5. The average molecular weight is 238 g/mol. The molecule has 0 saturated heterocycles. The van der Waals surface area contributed by atoms with E-state index >= 15 is 0 Å². The first-order valence-electron chi connectivity index (χ1n) is 4.81. The van der Waals surface area contributed by atoms with E-state index in [1.807, 2.05) is 0 Å². The Kier molecular flexibility index (Phi) is 5.91. The van der Waals surface area contributed by atoms with Gasteiger partial charge in [0.05, 0.1) is 0 Å². The highest BCUT2D eigenvalue weighted by Gasteiger charge is 2.17. The van der Waals surface area contributed by atoms with Gasteiger partial charge in [-0.1, -0.05) is 13.2 Å². The fourth-order valence-corrected chi connectivity index (χ4v) is 0.844. The molecule has 0 unspecified atom stereocenters. The monoisotopic (exact) mass is 238 g/mol. The number of hydrogen-bond donors (Lipinski definition) is 0. The highest BCUT2D eigenvalue weighted by molar-refractivity contribution is 6.44. The minimum absolute atomic E-state index is 0.0999. The summed E-state index contributed by atoms with van der Waals surface area (Å²) in [4.78, 5) is 44.4. The summed E-state index contributed by atoms with van der Waals surface area (Å²) in [6, 6.07) is 0. The lowest BCUT2D eigenvalue weighted by Gasteiger charge is -2.02. The molecule has 5 nitrogen and oxygen atoms in total. The van der Waals surface area contributed by atoms with Gasteiger partial charge >= 0.3 is 0 Å². The molecule has 0 saturated carbocycles. The summed E-state index contributed by atoms with van der Waals surface area (Å²) in [5.74, 6) is -3.09. The Morgan fingerprint density at radius 3 is 1.35 bits per heavy atom. The molecular formula is C12H14O5. The predicted molar refractivity (Wildman–Crippen MR) is 60.5 cm³/mol. The van der Waals surface area contributed by atoms with Gasteiger partial charge in [0.1, 0.15) is 13.2 Å². The van der Waals surface area contributed by atoms with Crippen LogP contribution in [-0.2, 0) is 23.9 Å². The van der Waals surface area contributed by atoms with Crippen LogP contribution in [0.5, 0.6) is 0 Å². The van der Waals surface area contributed by atoms with Gasteiger partial charge in [-0.15, -0.1) is 0 Å². The second-order valence-electron chi connectivity index (χ2n) is 3.56. The maximum Gasteiger partial charge on any atom is 0.228 e. The Hall–Kier alpha value is -1.88. The van der Waals surface area contributed by atoms with E-state index in [4.69, 9.17) is 0 Å². The molecule has 0 aliphatic carbocycles. The van der Waals surface area contributed by atoms with Gasteiger partial charge < -0.3 is 4.74 Å². The van der Waals surface area contributed by atoms with Crippen LogP contribution in [0.15, 0.2) is 24.3 Å². The summed E-state index contributed by atoms with van der Waals surface area (Å²) in [7, 11) is 0. The Morgan fingerprint density at radius 2 is 1.12 bits per heavy atom. The first-order chi connectivity index (χ1) is 7.77. The van der Waals surface area contributed by atoms with E-state index < -0.39 is 36.3 Å². The van der Waals surface area contributed by atoms with Crippen molar-refractivity contribution in [2.45, 2.75) is 13.8 Å². The zero-order chi connectivity index (χ0) is 13.6. The molecule has 0 spiro atoms. The number of allylic oxidation sites excluding steroid dienone is 2. The number of Topliss-reactive ketones (excluding diaryl/α,β-unsaturated/α-hetero) is 4. The van der Waals surface area contributed by atoms with Gasteiger partial charge in [-0.05, 0) is 25.0 Å². The van der Waals surface area contributed by atoms with Crippen molar-refractivity contribution < 1.29 is 23.9 Å². The average Bonchev–Trinajstić information content (AvgIpc) is 2.26. The van der Waals surface area contributed by atoms with E-state index in [0.29, 0.717) is 0 Å². The molecule has 0 amide bonds. The molecule has 0 rings (SSSR count). The van der Waals surface area contributed by atoms with Crippen molar-refractivity contribution in [2.24, 2.45) is 0 Å². The minimum atomic E-state index is -0.798. The molecule has 5 heteroatoms. The fraction of sp³-hybridized carbons (Fsp3) is 0.333. The smallest absolute Gasteiger partial charge is 0.228 e. The Bertz CT molecular complexity index is 365. The normalized spacial score (nSPS) is 9.53. The molecular weight excluding hydrogens is 224 g/mol. The summed E-state index contributed by atoms with van der Waals surface area (Å²) < 4.78 is 4.68. The topological polar surface area (TPSA) is 77.5 Å². The van der Waals surface area contributed by atoms with Crippen LogP contribution in [0.2, 0.25) is 0 Å². The number of rotatable bonds is 8. The van der Waals surface area contributed by atoms with Crippen molar-refractivity contribution in [3.8, 4) is 0 Å². The van der Waals surface area contributed by atoms with Crippen LogP contribution in [-0.4, -0.2) is 36.3 Å². The zero-order valence-electron chi connectivity index (χ0n) is 9.87. The van der Waals surface area contributed by atoms with E-state index in [9.17, 15) is 19.2 Å². The minimum Gasteiger partial charge on any atom is -0.365 e. The number of ether oxygens (including phenoxy) is 1. The summed E-state index contributed by atoms with van der Waals surface area (Å²) in [6.07, 6.45) is 0. The van der Waals surface area contributed by atoms with Gasteiger partial charge in [-0.2, -0.15) is 0 Å². The third-order valence-corrected chi connectivity index (χ3v) is 1.75. The molecule has 0 aliphatic heterocycles. The van der Waals surface area contributed by atoms with Gasteiger partial charge in [0.2, 0.25) is 23.1 Å². The third kappa shape index (κ3) is 5.12. The molecule has 92 valence electrons. The Labute approximate surface area is 99.1 Å². The molecule has 0 radical (unpaired) electrons. The predicted octanol–water partition coefficient (Wildman–Crippen LogP) is 0.432. The standard InChI is InChI=1S/C12H14O5/c1-7(2)11(15)9(13)5-17-6-10(14)12(16)8(3)4/h1,3,5-6H2,2,4H3. The number of carbonyl (C=O) groups excluding carboxylic acids is 4. The van der Waals surface area contributed by atoms with Gasteiger partial charge in [0.15, 0.2) is 0 Å². The second kappa shape index (κ2) is 6.65. The van der Waals surface area contributed by atoms with E-state index in [-0.39, 0.29) is 11.1 Å². The van der Waals surface area contributed by atoms with Gasteiger partial charge in [-0.3, -0.25) is 19.2 Å². The lowest BCUT2D eigenvalue weighted by Crippen LogP contribution is -2.25. The SMILES string of the molecule is C=C(C)C(=O)C(=O)COCC(=O)C(=O)C(=C)C. The van der Waals surface area contributed by atoms with Crippen LogP contribution < -0.4 is 0 Å². The molecule has 0 fully saturated rings. The number of carbonyl (C=O) groups is 4. The summed E-state index contributed by atoms with van der Waals surface area (Å²) in [5.41, 5.74) is 0.200. The number of ketones is 4. The van der Waals surface area contributed by atoms with Crippen LogP contribution in [0.4, 0.5) is 0 Å². The van der Waals surface area contributed by atoms with Crippen LogP contribution in [0.25, 0.3) is 0 Å². The van der Waals surface area contributed by atoms with Crippen molar-refractivity contribution in [3.63, 3.8) is 0 Å². The summed E-state index contributed by atoms with van der Waals surface area (Å²) in [6.45, 7) is 8.34. The maximum absolute atomic E-state index is 11.1. The van der Waals surface area contributed by atoms with E-state index in [1.165, 1.54) is 13.8 Å². The Morgan fingerprint density at radius 1 is 0.824 bits per heavy atom. The first-order valence-corrected chi connectivity index (χ1v) is 4.81. The molecule has 0 atom stereocenters. The number of hydrogen-bond acceptors (Lipinski definition) is 5. The van der Waals surface area contributed by atoms with Gasteiger partial charge in [0.25, 0.3) is 0 Å². The van der Waals surface area contributed by atoms with E-state index in [1.54, 1.807) is 0 Å². The van der Waals surface area contributed by atoms with E-state index in [2.05, 4.69) is 17.9 Å². The van der Waals surface area contributed by atoms with Gasteiger partial charge in [0, 0.05) is 0 Å². The lowest BCUT2D eigenvalue weighted by atomic mass is 10.1. The molecule has 0 aromatic carbocycles. The molecule has 0 aromatic heterocycles. The summed E-state index contributed by atoms with van der Waals surface area (Å²) >= 11 is 0. The molecule has 0 aliphatic rings. The third-order valence-electron chi connectivity index (χ3n) is 1.75. The van der Waals surface area contributed by atoms with Crippen molar-refractivity contribution >= 4 is 23.1 Å². The largest absolute Gasteiger partial charge is 0.365 e. The zero-order valence-corrected chi connectivity index (χ0v) is 9.87. The quantitative estimate of drug-likeness (QED) is 0.452. The highest BCUT2D eigenvalue weighted by Crippen LogP contribution is 1.95. The molecule has 17 heavy (non-hydrogen) atoms.